The smallest absolute Gasteiger partial charge is 0.267 e. The van der Waals surface area contributed by atoms with E-state index in [1.54, 1.807) is 30.3 Å². The van der Waals surface area contributed by atoms with Crippen LogP contribution in [0.3, 0.4) is 0 Å². The van der Waals surface area contributed by atoms with E-state index in [-0.39, 0.29) is 16.8 Å². The highest BCUT2D eigenvalue weighted by Gasteiger charge is 2.34. The molecule has 1 fully saturated rings. The molecule has 5 aromatic rings. The second-order valence-electron chi connectivity index (χ2n) is 11.5. The van der Waals surface area contributed by atoms with E-state index in [2.05, 4.69) is 45.1 Å². The van der Waals surface area contributed by atoms with Crippen LogP contribution in [0.15, 0.2) is 102 Å². The van der Waals surface area contributed by atoms with E-state index >= 15 is 0 Å². The van der Waals surface area contributed by atoms with Crippen LogP contribution < -0.4 is 9.80 Å². The lowest BCUT2D eigenvalue weighted by atomic mass is 9.94. The van der Waals surface area contributed by atoms with Gasteiger partial charge >= 0.3 is 0 Å². The van der Waals surface area contributed by atoms with Crippen LogP contribution in [-0.2, 0) is 16.4 Å². The maximum atomic E-state index is 14.2. The molecule has 3 aromatic carbocycles. The number of rotatable bonds is 6. The molecule has 220 valence electrons. The van der Waals surface area contributed by atoms with Crippen molar-refractivity contribution in [1.29, 1.82) is 0 Å². The van der Waals surface area contributed by atoms with Gasteiger partial charge in [-0.25, -0.2) is 12.4 Å². The predicted molar refractivity (Wildman–Crippen MR) is 171 cm³/mol. The predicted octanol–water partition coefficient (Wildman–Crippen LogP) is 5.30. The number of hydrogen-bond donors (Lipinski definition) is 1. The Morgan fingerprint density at radius 3 is 2.47 bits per heavy atom. The third-order valence-electron chi connectivity index (χ3n) is 8.85. The minimum absolute atomic E-state index is 0.0147. The van der Waals surface area contributed by atoms with Crippen molar-refractivity contribution in [1.82, 2.24) is 13.9 Å². The lowest BCUT2D eigenvalue weighted by Gasteiger charge is -2.42. The van der Waals surface area contributed by atoms with Crippen molar-refractivity contribution >= 4 is 38.2 Å². The van der Waals surface area contributed by atoms with E-state index in [1.807, 2.05) is 36.2 Å². The van der Waals surface area contributed by atoms with E-state index in [4.69, 9.17) is 0 Å². The Morgan fingerprint density at radius 2 is 1.65 bits per heavy atom. The summed E-state index contributed by atoms with van der Waals surface area (Å²) in [5, 5.41) is 1.24. The number of carbonyl (C=O) groups excluding carboxylic acids is 1. The maximum absolute atomic E-state index is 14.2. The molecule has 1 atom stereocenters. The van der Waals surface area contributed by atoms with Crippen LogP contribution >= 0.6 is 0 Å². The first-order chi connectivity index (χ1) is 20.9. The zero-order chi connectivity index (χ0) is 29.6. The van der Waals surface area contributed by atoms with Gasteiger partial charge in [0, 0.05) is 73.6 Å². The fraction of sp³-hybridized carbons (Fsp3) is 0.265. The molecule has 0 spiro atoms. The Morgan fingerprint density at radius 1 is 0.884 bits per heavy atom. The average molecular weight is 594 g/mol. The summed E-state index contributed by atoms with van der Waals surface area (Å²) in [5.74, 6) is -0.173. The zero-order valence-electron chi connectivity index (χ0n) is 24.2. The Bertz CT molecular complexity index is 1880. The van der Waals surface area contributed by atoms with Gasteiger partial charge in [0.1, 0.15) is 0 Å². The van der Waals surface area contributed by atoms with Crippen molar-refractivity contribution in [3.63, 3.8) is 0 Å². The number of piperazine rings is 1. The topological polar surface area (TPSA) is 81.7 Å². The molecule has 1 N–H and O–H groups in total. The molecule has 0 bridgehead atoms. The van der Waals surface area contributed by atoms with Crippen molar-refractivity contribution in [2.24, 2.45) is 0 Å². The molecule has 0 aliphatic carbocycles. The Hall–Kier alpha value is -4.34. The van der Waals surface area contributed by atoms with Crippen LogP contribution in [0.5, 0.6) is 0 Å². The second kappa shape index (κ2) is 11.1. The van der Waals surface area contributed by atoms with Gasteiger partial charge in [-0.1, -0.05) is 42.0 Å². The molecular weight excluding hydrogens is 558 g/mol. The molecule has 43 heavy (non-hydrogen) atoms. The lowest BCUT2D eigenvalue weighted by Crippen LogP contribution is -2.54. The van der Waals surface area contributed by atoms with Crippen molar-refractivity contribution in [2.45, 2.75) is 30.7 Å². The molecule has 0 radical (unpaired) electrons. The number of carbonyl (C=O) groups is 1. The summed E-state index contributed by atoms with van der Waals surface area (Å²) in [5.41, 5.74) is 5.81. The second-order valence-corrected chi connectivity index (χ2v) is 13.4. The number of hydrogen-bond acceptors (Lipinski definition) is 5. The van der Waals surface area contributed by atoms with Crippen LogP contribution in [0.25, 0.3) is 10.9 Å². The number of aryl methyl sites for hydroxylation is 2. The van der Waals surface area contributed by atoms with Crippen LogP contribution in [-0.4, -0.2) is 66.9 Å². The first-order valence-electron chi connectivity index (χ1n) is 14.8. The van der Waals surface area contributed by atoms with Crippen LogP contribution in [0.4, 0.5) is 11.4 Å². The van der Waals surface area contributed by atoms with Gasteiger partial charge in [-0.3, -0.25) is 9.69 Å². The number of amides is 1. The van der Waals surface area contributed by atoms with Crippen molar-refractivity contribution in [2.75, 3.05) is 42.5 Å². The van der Waals surface area contributed by atoms with E-state index in [0.717, 1.165) is 71.9 Å². The highest BCUT2D eigenvalue weighted by atomic mass is 32.2. The fourth-order valence-corrected chi connectivity index (χ4v) is 7.69. The average Bonchev–Trinajstić information content (AvgIpc) is 3.72. The SMILES string of the molecule is Cc1ccc(S(=O)(=O)n2ccc(C(=O)N3c4ccccc4CCC3CN3CCN(c4cccc5[nH]ccc45)CC3)c2)cc1. The number of fused-ring (bicyclic) bond motifs is 2. The van der Waals surface area contributed by atoms with Gasteiger partial charge in [0.2, 0.25) is 0 Å². The molecule has 4 heterocycles. The van der Waals surface area contributed by atoms with Crippen LogP contribution in [0, 0.1) is 6.92 Å². The largest absolute Gasteiger partial charge is 0.368 e. The molecule has 8 nitrogen and oxygen atoms in total. The van der Waals surface area contributed by atoms with Gasteiger partial charge in [0.15, 0.2) is 0 Å². The van der Waals surface area contributed by atoms with E-state index in [1.165, 1.54) is 23.5 Å². The Kier molecular flexibility index (Phi) is 7.07. The number of nitrogens with one attached hydrogen (secondary N) is 1. The standard InChI is InChI=1S/C34H35N5O3S/c1-25-9-13-29(14-10-25)43(41,42)38-18-16-27(23-38)34(40)39-28(12-11-26-5-2-3-7-32(26)39)24-36-19-21-37(22-20-36)33-8-4-6-31-30(33)15-17-35-31/h2-10,13-18,23,28,35H,11-12,19-22,24H2,1H3. The summed E-state index contributed by atoms with van der Waals surface area (Å²) in [6.07, 6.45) is 6.67. The molecular formula is C34H35N5O3S. The Balaban J connectivity index is 1.11. The summed E-state index contributed by atoms with van der Waals surface area (Å²) in [4.78, 5) is 24.5. The number of aromatic nitrogens is 2. The quantitative estimate of drug-likeness (QED) is 0.289. The maximum Gasteiger partial charge on any atom is 0.267 e. The minimum Gasteiger partial charge on any atom is -0.368 e. The molecule has 7 rings (SSSR count). The first-order valence-corrected chi connectivity index (χ1v) is 16.3. The number of H-pyrrole nitrogens is 1. The number of para-hydroxylation sites is 1. The highest BCUT2D eigenvalue weighted by Crippen LogP contribution is 2.33. The van der Waals surface area contributed by atoms with Crippen LogP contribution in [0.1, 0.15) is 27.9 Å². The molecule has 1 amide bonds. The number of benzene rings is 3. The monoisotopic (exact) mass is 593 g/mol. The van der Waals surface area contributed by atoms with E-state index in [9.17, 15) is 13.2 Å². The number of aromatic amines is 1. The molecule has 0 saturated carbocycles. The van der Waals surface area contributed by atoms with Gasteiger partial charge in [-0.2, -0.15) is 0 Å². The minimum atomic E-state index is -3.80. The molecule has 2 aliphatic heterocycles. The zero-order valence-corrected chi connectivity index (χ0v) is 25.0. The molecule has 2 aliphatic rings. The van der Waals surface area contributed by atoms with Gasteiger partial charge < -0.3 is 14.8 Å². The Labute approximate surface area is 252 Å². The molecule has 1 unspecified atom stereocenters. The summed E-state index contributed by atoms with van der Waals surface area (Å²) >= 11 is 0. The summed E-state index contributed by atoms with van der Waals surface area (Å²) < 4.78 is 27.7. The fourth-order valence-electron chi connectivity index (χ4n) is 6.49. The van der Waals surface area contributed by atoms with Gasteiger partial charge in [0.25, 0.3) is 15.9 Å². The number of anilines is 2. The van der Waals surface area contributed by atoms with Gasteiger partial charge in [0.05, 0.1) is 16.5 Å². The van der Waals surface area contributed by atoms with Crippen LogP contribution in [0.2, 0.25) is 0 Å². The third kappa shape index (κ3) is 5.13. The van der Waals surface area contributed by atoms with E-state index < -0.39 is 10.0 Å². The molecule has 1 saturated heterocycles. The normalized spacial score (nSPS) is 17.7. The summed E-state index contributed by atoms with van der Waals surface area (Å²) in [6, 6.07) is 25.0. The third-order valence-corrected chi connectivity index (χ3v) is 10.5. The molecule has 9 heteroatoms. The molecule has 2 aromatic heterocycles. The summed E-state index contributed by atoms with van der Waals surface area (Å²) in [7, 11) is -3.80. The first kappa shape index (κ1) is 27.5. The van der Waals surface area contributed by atoms with Gasteiger partial charge in [-0.05, 0) is 67.8 Å². The van der Waals surface area contributed by atoms with E-state index in [0.29, 0.717) is 5.56 Å². The summed E-state index contributed by atoms with van der Waals surface area (Å²) in [6.45, 7) is 6.34. The van der Waals surface area contributed by atoms with Crippen molar-refractivity contribution < 1.29 is 13.2 Å². The van der Waals surface area contributed by atoms with Gasteiger partial charge in [-0.15, -0.1) is 0 Å². The highest BCUT2D eigenvalue weighted by molar-refractivity contribution is 7.90. The number of nitrogens with zero attached hydrogens (tertiary/aromatic N) is 4. The lowest BCUT2D eigenvalue weighted by molar-refractivity contribution is 0.0963. The van der Waals surface area contributed by atoms with Crippen molar-refractivity contribution in [3.05, 3.63) is 114 Å². The van der Waals surface area contributed by atoms with Crippen molar-refractivity contribution in [3.8, 4) is 0 Å².